The number of thioether (sulfide) groups is 1. The third-order valence-electron chi connectivity index (χ3n) is 5.27. The third kappa shape index (κ3) is 4.30. The van der Waals surface area contributed by atoms with Crippen molar-refractivity contribution < 1.29 is 19.1 Å². The van der Waals surface area contributed by atoms with E-state index in [1.807, 2.05) is 25.1 Å². The van der Waals surface area contributed by atoms with Crippen LogP contribution in [0.1, 0.15) is 31.4 Å². The number of amidine groups is 1. The number of amides is 3. The average Bonchev–Trinajstić information content (AvgIpc) is 3.24. The van der Waals surface area contributed by atoms with Crippen LogP contribution in [0.25, 0.3) is 0 Å². The molecule has 2 aromatic rings. The van der Waals surface area contributed by atoms with Crippen LogP contribution in [-0.2, 0) is 19.3 Å². The second-order valence-electron chi connectivity index (χ2n) is 7.80. The molecule has 10 heteroatoms. The van der Waals surface area contributed by atoms with Crippen molar-refractivity contribution in [2.75, 3.05) is 18.1 Å². The fourth-order valence-electron chi connectivity index (χ4n) is 3.89. The minimum Gasteiger partial charge on any atom is -0.494 e. The summed E-state index contributed by atoms with van der Waals surface area (Å²) in [6.07, 6.45) is 0.571. The molecule has 172 valence electrons. The molecule has 0 saturated heterocycles. The first-order valence-electron chi connectivity index (χ1n) is 10.4. The summed E-state index contributed by atoms with van der Waals surface area (Å²) in [7, 11) is 0. The number of ether oxygens (including phenoxy) is 1. The first-order chi connectivity index (χ1) is 15.7. The molecule has 2 heterocycles. The van der Waals surface area contributed by atoms with Crippen molar-refractivity contribution in [1.82, 2.24) is 10.3 Å². The first kappa shape index (κ1) is 23.1. The highest BCUT2D eigenvalue weighted by atomic mass is 35.5. The molecule has 2 aliphatic rings. The Balaban J connectivity index is 1.58. The molecule has 2 aromatic carbocycles. The molecule has 0 bridgehead atoms. The van der Waals surface area contributed by atoms with Crippen molar-refractivity contribution in [3.63, 3.8) is 0 Å². The molecule has 0 radical (unpaired) electrons. The smallest absolute Gasteiger partial charge is 0.270 e. The van der Waals surface area contributed by atoms with Gasteiger partial charge in [0.2, 0.25) is 16.7 Å². The van der Waals surface area contributed by atoms with Crippen LogP contribution in [0.2, 0.25) is 5.02 Å². The molecule has 1 N–H and O–H groups in total. The summed E-state index contributed by atoms with van der Waals surface area (Å²) in [5.74, 6) is -0.300. The Morgan fingerprint density at radius 2 is 1.91 bits per heavy atom. The van der Waals surface area contributed by atoms with Crippen LogP contribution in [0.3, 0.4) is 0 Å². The Hall–Kier alpha value is -3.04. The fourth-order valence-corrected chi connectivity index (χ4v) is 5.34. The molecule has 0 saturated carbocycles. The minimum atomic E-state index is -1.39. The summed E-state index contributed by atoms with van der Waals surface area (Å²) in [5.41, 5.74) is 2.34. The van der Waals surface area contributed by atoms with E-state index in [0.29, 0.717) is 35.9 Å². The summed E-state index contributed by atoms with van der Waals surface area (Å²) < 4.78 is 5.76. The van der Waals surface area contributed by atoms with Crippen LogP contribution in [0, 0.1) is 6.92 Å². The van der Waals surface area contributed by atoms with E-state index >= 15 is 0 Å². The number of benzene rings is 2. The summed E-state index contributed by atoms with van der Waals surface area (Å²) in [4.78, 5) is 38.2. The summed E-state index contributed by atoms with van der Waals surface area (Å²) in [6.45, 7) is 5.43. The Labute approximate surface area is 200 Å². The SMILES string of the molecule is CC(=O)NC1=NN(C(C)=O)C2(S1)C(=O)N(CCCOc1ccc(Cl)cc1)c1ccc(C)cc12. The predicted octanol–water partition coefficient (Wildman–Crippen LogP) is 3.62. The van der Waals surface area contributed by atoms with E-state index in [-0.39, 0.29) is 17.0 Å². The molecule has 4 rings (SSSR count). The third-order valence-corrected chi connectivity index (χ3v) is 6.76. The maximum absolute atomic E-state index is 13.8. The Morgan fingerprint density at radius 3 is 2.58 bits per heavy atom. The second-order valence-corrected chi connectivity index (χ2v) is 9.41. The van der Waals surface area contributed by atoms with Gasteiger partial charge in [-0.3, -0.25) is 14.4 Å². The number of carbonyl (C=O) groups excluding carboxylic acids is 3. The lowest BCUT2D eigenvalue weighted by Gasteiger charge is -2.29. The van der Waals surface area contributed by atoms with Gasteiger partial charge in [0.15, 0.2) is 5.17 Å². The lowest BCUT2D eigenvalue weighted by molar-refractivity contribution is -0.139. The Bertz CT molecular complexity index is 1150. The summed E-state index contributed by atoms with van der Waals surface area (Å²) >= 11 is 6.98. The number of rotatable bonds is 5. The van der Waals surface area contributed by atoms with Crippen LogP contribution in [0.5, 0.6) is 5.75 Å². The normalized spacial score (nSPS) is 19.0. The van der Waals surface area contributed by atoms with Crippen molar-refractivity contribution in [2.45, 2.75) is 32.1 Å². The maximum Gasteiger partial charge on any atom is 0.270 e. The topological polar surface area (TPSA) is 91.3 Å². The number of halogens is 1. The number of nitrogens with one attached hydrogen (secondary N) is 1. The number of anilines is 1. The van der Waals surface area contributed by atoms with E-state index in [9.17, 15) is 14.4 Å². The molecular weight excluding hydrogens is 464 g/mol. The minimum absolute atomic E-state index is 0.214. The molecule has 8 nitrogen and oxygen atoms in total. The number of hydrogen-bond donors (Lipinski definition) is 1. The van der Waals surface area contributed by atoms with E-state index in [1.54, 1.807) is 29.2 Å². The first-order valence-corrected chi connectivity index (χ1v) is 11.6. The van der Waals surface area contributed by atoms with E-state index < -0.39 is 10.8 Å². The number of hydrazone groups is 1. The molecule has 1 spiro atoms. The zero-order valence-corrected chi connectivity index (χ0v) is 20.0. The van der Waals surface area contributed by atoms with Gasteiger partial charge in [0, 0.05) is 31.0 Å². The van der Waals surface area contributed by atoms with Crippen LogP contribution in [0.15, 0.2) is 47.6 Å². The van der Waals surface area contributed by atoms with Gasteiger partial charge in [0.1, 0.15) is 5.75 Å². The van der Waals surface area contributed by atoms with Gasteiger partial charge in [-0.25, -0.2) is 0 Å². The summed E-state index contributed by atoms with van der Waals surface area (Å²) in [6, 6.07) is 12.8. The molecule has 3 amide bonds. The highest BCUT2D eigenvalue weighted by Gasteiger charge is 2.61. The Kier molecular flexibility index (Phi) is 6.36. The van der Waals surface area contributed by atoms with Gasteiger partial charge in [-0.1, -0.05) is 29.3 Å². The van der Waals surface area contributed by atoms with Crippen molar-refractivity contribution in [1.29, 1.82) is 0 Å². The molecule has 0 aliphatic carbocycles. The van der Waals surface area contributed by atoms with Crippen LogP contribution in [-0.4, -0.2) is 41.0 Å². The number of fused-ring (bicyclic) bond motifs is 2. The molecule has 0 fully saturated rings. The van der Waals surface area contributed by atoms with Crippen molar-refractivity contribution in [3.05, 3.63) is 58.6 Å². The standard InChI is InChI=1S/C23H23ClN4O4S/c1-14-5-10-20-19(13-14)23(28(16(3)30)26-22(33-23)25-15(2)29)21(31)27(20)11-4-12-32-18-8-6-17(24)7-9-18/h5-10,13H,4,11-12H2,1-3H3,(H,25,26,29). The number of nitrogens with zero attached hydrogens (tertiary/aromatic N) is 3. The van der Waals surface area contributed by atoms with Gasteiger partial charge < -0.3 is 15.0 Å². The molecule has 1 unspecified atom stereocenters. The van der Waals surface area contributed by atoms with Crippen LogP contribution in [0.4, 0.5) is 5.69 Å². The van der Waals surface area contributed by atoms with E-state index in [2.05, 4.69) is 10.4 Å². The van der Waals surface area contributed by atoms with E-state index in [1.165, 1.54) is 18.9 Å². The number of carbonyl (C=O) groups is 3. The second kappa shape index (κ2) is 9.07. The fraction of sp³-hybridized carbons (Fsp3) is 0.304. The highest BCUT2D eigenvalue weighted by molar-refractivity contribution is 8.15. The molecule has 1 atom stereocenters. The maximum atomic E-state index is 13.8. The monoisotopic (exact) mass is 486 g/mol. The number of aryl methyl sites for hydroxylation is 1. The zero-order valence-electron chi connectivity index (χ0n) is 18.4. The van der Waals surface area contributed by atoms with Gasteiger partial charge in [-0.05, 0) is 55.4 Å². The molecular formula is C23H23ClN4O4S. The Morgan fingerprint density at radius 1 is 1.18 bits per heavy atom. The average molecular weight is 487 g/mol. The van der Waals surface area contributed by atoms with Crippen molar-refractivity contribution in [2.24, 2.45) is 5.10 Å². The highest BCUT2D eigenvalue weighted by Crippen LogP contribution is 2.54. The van der Waals surface area contributed by atoms with Gasteiger partial charge in [0.25, 0.3) is 5.91 Å². The molecule has 33 heavy (non-hydrogen) atoms. The van der Waals surface area contributed by atoms with E-state index in [4.69, 9.17) is 16.3 Å². The largest absolute Gasteiger partial charge is 0.494 e. The van der Waals surface area contributed by atoms with Gasteiger partial charge in [-0.2, -0.15) is 5.01 Å². The quantitative estimate of drug-likeness (QED) is 0.652. The molecule has 0 aromatic heterocycles. The zero-order chi connectivity index (χ0) is 23.8. The lowest BCUT2D eigenvalue weighted by atomic mass is 10.0. The van der Waals surface area contributed by atoms with Crippen molar-refractivity contribution >= 4 is 51.9 Å². The van der Waals surface area contributed by atoms with Crippen LogP contribution < -0.4 is 15.0 Å². The molecule has 2 aliphatic heterocycles. The lowest BCUT2D eigenvalue weighted by Crippen LogP contribution is -2.48. The number of hydrogen-bond acceptors (Lipinski definition) is 6. The van der Waals surface area contributed by atoms with E-state index in [0.717, 1.165) is 23.0 Å². The predicted molar refractivity (Wildman–Crippen MR) is 128 cm³/mol. The van der Waals surface area contributed by atoms with Gasteiger partial charge in [-0.15, -0.1) is 5.10 Å². The van der Waals surface area contributed by atoms with Gasteiger partial charge >= 0.3 is 0 Å². The van der Waals surface area contributed by atoms with Crippen LogP contribution >= 0.6 is 23.4 Å². The summed E-state index contributed by atoms with van der Waals surface area (Å²) in [5, 5.41) is 8.90. The van der Waals surface area contributed by atoms with Crippen molar-refractivity contribution in [3.8, 4) is 5.75 Å². The van der Waals surface area contributed by atoms with Gasteiger partial charge in [0.05, 0.1) is 12.3 Å².